The molecule has 0 atom stereocenters. The number of methoxy groups -OCH3 is 4. The summed E-state index contributed by atoms with van der Waals surface area (Å²) in [5, 5.41) is 0. The van der Waals surface area contributed by atoms with Gasteiger partial charge in [0, 0.05) is 25.8 Å². The first kappa shape index (κ1) is 19.9. The molecule has 0 radical (unpaired) electrons. The van der Waals surface area contributed by atoms with Gasteiger partial charge in [-0.15, -0.1) is 0 Å². The Morgan fingerprint density at radius 1 is 0.833 bits per heavy atom. The van der Waals surface area contributed by atoms with Gasteiger partial charge in [-0.05, 0) is 30.7 Å². The Labute approximate surface area is 174 Å². The molecular weight excluding hydrogens is 384 g/mol. The van der Waals surface area contributed by atoms with Crippen LogP contribution in [0.2, 0.25) is 0 Å². The van der Waals surface area contributed by atoms with E-state index in [1.165, 1.54) is 0 Å². The minimum atomic E-state index is 0.535. The van der Waals surface area contributed by atoms with Crippen molar-refractivity contribution < 1.29 is 18.9 Å². The van der Waals surface area contributed by atoms with E-state index in [9.17, 15) is 0 Å². The molecule has 2 heterocycles. The number of hydrogen-bond acceptors (Lipinski definition) is 7. The van der Waals surface area contributed by atoms with Crippen molar-refractivity contribution >= 4 is 22.3 Å². The monoisotopic (exact) mass is 408 g/mol. The summed E-state index contributed by atoms with van der Waals surface area (Å²) in [7, 11) is 6.47. The molecule has 2 aromatic carbocycles. The van der Waals surface area contributed by atoms with Crippen molar-refractivity contribution in [1.29, 1.82) is 0 Å². The highest BCUT2D eigenvalue weighted by atomic mass is 16.5. The standard InChI is InChI=1S/C22H24N4O4/c1-27-11-7-10-26-21(14-12-17(28-2)19(30-4)18(13-14)29-3)25-20-22(26)24-16-9-6-5-8-15(16)23-20/h5-6,8-9,12-13H,7,10-11H2,1-4H3. The molecule has 4 aromatic rings. The molecule has 0 saturated carbocycles. The maximum atomic E-state index is 5.52. The van der Waals surface area contributed by atoms with Crippen LogP contribution in [0.4, 0.5) is 0 Å². The van der Waals surface area contributed by atoms with Crippen molar-refractivity contribution in [2.75, 3.05) is 35.0 Å². The smallest absolute Gasteiger partial charge is 0.203 e. The lowest BCUT2D eigenvalue weighted by molar-refractivity contribution is 0.191. The summed E-state index contributed by atoms with van der Waals surface area (Å²) in [6, 6.07) is 11.6. The third kappa shape index (κ3) is 3.50. The number of para-hydroxylation sites is 2. The molecule has 0 aliphatic heterocycles. The zero-order chi connectivity index (χ0) is 21.1. The van der Waals surface area contributed by atoms with Gasteiger partial charge in [-0.2, -0.15) is 0 Å². The maximum absolute atomic E-state index is 5.52. The van der Waals surface area contributed by atoms with E-state index in [1.807, 2.05) is 36.4 Å². The predicted octanol–water partition coefficient (Wildman–Crippen LogP) is 3.71. The molecule has 156 valence electrons. The van der Waals surface area contributed by atoms with Crippen LogP contribution in [0, 0.1) is 0 Å². The average Bonchev–Trinajstić information content (AvgIpc) is 3.13. The van der Waals surface area contributed by atoms with Gasteiger partial charge in [0.15, 0.2) is 22.8 Å². The van der Waals surface area contributed by atoms with E-state index < -0.39 is 0 Å². The SMILES string of the molecule is COCCCn1c(-c2cc(OC)c(OC)c(OC)c2)nc2nc3ccccc3nc21. The lowest BCUT2D eigenvalue weighted by atomic mass is 10.1. The van der Waals surface area contributed by atoms with Crippen LogP contribution in [-0.4, -0.2) is 54.6 Å². The highest BCUT2D eigenvalue weighted by molar-refractivity contribution is 5.85. The zero-order valence-electron chi connectivity index (χ0n) is 17.5. The summed E-state index contributed by atoms with van der Waals surface area (Å²) in [5.74, 6) is 2.39. The molecule has 0 N–H and O–H groups in total. The molecule has 0 saturated heterocycles. The van der Waals surface area contributed by atoms with E-state index in [0.29, 0.717) is 36.0 Å². The number of ether oxygens (including phenoxy) is 4. The Morgan fingerprint density at radius 2 is 1.50 bits per heavy atom. The minimum Gasteiger partial charge on any atom is -0.493 e. The first-order valence-corrected chi connectivity index (χ1v) is 9.62. The fourth-order valence-electron chi connectivity index (χ4n) is 3.51. The highest BCUT2D eigenvalue weighted by Crippen LogP contribution is 2.41. The molecule has 2 aromatic heterocycles. The number of rotatable bonds is 8. The van der Waals surface area contributed by atoms with Crippen LogP contribution in [0.5, 0.6) is 17.2 Å². The summed E-state index contributed by atoms with van der Waals surface area (Å²) in [4.78, 5) is 14.4. The number of hydrogen-bond donors (Lipinski definition) is 0. The van der Waals surface area contributed by atoms with Crippen LogP contribution < -0.4 is 14.2 Å². The van der Waals surface area contributed by atoms with Crippen LogP contribution in [-0.2, 0) is 11.3 Å². The van der Waals surface area contributed by atoms with Gasteiger partial charge in [-0.1, -0.05) is 12.1 Å². The molecule has 0 amide bonds. The highest BCUT2D eigenvalue weighted by Gasteiger charge is 2.20. The maximum Gasteiger partial charge on any atom is 0.203 e. The molecule has 0 bridgehead atoms. The zero-order valence-corrected chi connectivity index (χ0v) is 17.5. The molecule has 8 nitrogen and oxygen atoms in total. The molecule has 4 rings (SSSR count). The molecule has 30 heavy (non-hydrogen) atoms. The third-order valence-corrected chi connectivity index (χ3v) is 4.91. The summed E-state index contributed by atoms with van der Waals surface area (Å²) in [5.41, 5.74) is 3.78. The van der Waals surface area contributed by atoms with Crippen LogP contribution in [0.1, 0.15) is 6.42 Å². The van der Waals surface area contributed by atoms with Gasteiger partial charge in [0.25, 0.3) is 0 Å². The average molecular weight is 408 g/mol. The van der Waals surface area contributed by atoms with E-state index in [1.54, 1.807) is 28.4 Å². The van der Waals surface area contributed by atoms with Gasteiger partial charge in [-0.3, -0.25) is 0 Å². The van der Waals surface area contributed by atoms with Gasteiger partial charge in [0.1, 0.15) is 5.82 Å². The Morgan fingerprint density at radius 3 is 2.10 bits per heavy atom. The fraction of sp³-hybridized carbons (Fsp3) is 0.318. The van der Waals surface area contributed by atoms with Gasteiger partial charge >= 0.3 is 0 Å². The number of nitrogens with zero attached hydrogens (tertiary/aromatic N) is 4. The number of fused-ring (bicyclic) bond motifs is 2. The summed E-state index contributed by atoms with van der Waals surface area (Å²) >= 11 is 0. The van der Waals surface area contributed by atoms with E-state index >= 15 is 0 Å². The van der Waals surface area contributed by atoms with Gasteiger partial charge < -0.3 is 23.5 Å². The van der Waals surface area contributed by atoms with E-state index in [2.05, 4.69) is 4.57 Å². The molecule has 0 unspecified atom stereocenters. The number of aryl methyl sites for hydroxylation is 1. The minimum absolute atomic E-state index is 0.535. The second kappa shape index (κ2) is 8.54. The summed E-state index contributed by atoms with van der Waals surface area (Å²) in [6.07, 6.45) is 0.813. The van der Waals surface area contributed by atoms with Crippen molar-refractivity contribution in [3.8, 4) is 28.6 Å². The van der Waals surface area contributed by atoms with E-state index in [0.717, 1.165) is 34.5 Å². The first-order chi connectivity index (χ1) is 14.7. The van der Waals surface area contributed by atoms with E-state index in [-0.39, 0.29) is 0 Å². The predicted molar refractivity (Wildman–Crippen MR) is 114 cm³/mol. The molecule has 0 spiro atoms. The van der Waals surface area contributed by atoms with Gasteiger partial charge in [0.2, 0.25) is 5.75 Å². The van der Waals surface area contributed by atoms with Crippen molar-refractivity contribution in [3.05, 3.63) is 36.4 Å². The quantitative estimate of drug-likeness (QED) is 0.411. The van der Waals surface area contributed by atoms with Crippen molar-refractivity contribution in [2.24, 2.45) is 0 Å². The third-order valence-electron chi connectivity index (χ3n) is 4.91. The van der Waals surface area contributed by atoms with Gasteiger partial charge in [-0.25, -0.2) is 15.0 Å². The van der Waals surface area contributed by atoms with Crippen LogP contribution >= 0.6 is 0 Å². The van der Waals surface area contributed by atoms with Crippen molar-refractivity contribution in [1.82, 2.24) is 19.5 Å². The normalized spacial score (nSPS) is 11.2. The Balaban J connectivity index is 1.94. The number of aromatic nitrogens is 4. The van der Waals surface area contributed by atoms with Crippen molar-refractivity contribution in [3.63, 3.8) is 0 Å². The largest absolute Gasteiger partial charge is 0.493 e. The second-order valence-corrected chi connectivity index (χ2v) is 6.71. The van der Waals surface area contributed by atoms with E-state index in [4.69, 9.17) is 33.9 Å². The number of benzene rings is 2. The topological polar surface area (TPSA) is 80.5 Å². The summed E-state index contributed by atoms with van der Waals surface area (Å²) in [6.45, 7) is 1.32. The number of imidazole rings is 1. The second-order valence-electron chi connectivity index (χ2n) is 6.71. The molecular formula is C22H24N4O4. The van der Waals surface area contributed by atoms with Crippen LogP contribution in [0.15, 0.2) is 36.4 Å². The molecule has 8 heteroatoms. The summed E-state index contributed by atoms with van der Waals surface area (Å²) < 4.78 is 23.8. The lowest BCUT2D eigenvalue weighted by Gasteiger charge is -2.15. The van der Waals surface area contributed by atoms with Crippen molar-refractivity contribution in [2.45, 2.75) is 13.0 Å². The molecule has 0 aliphatic rings. The van der Waals surface area contributed by atoms with Gasteiger partial charge in [0.05, 0.1) is 32.4 Å². The first-order valence-electron chi connectivity index (χ1n) is 9.62. The van der Waals surface area contributed by atoms with Crippen LogP contribution in [0.25, 0.3) is 33.7 Å². The molecule has 0 aliphatic carbocycles. The van der Waals surface area contributed by atoms with Crippen LogP contribution in [0.3, 0.4) is 0 Å². The Kier molecular flexibility index (Phi) is 5.67. The Bertz CT molecular complexity index is 1160. The Hall–Kier alpha value is -3.39. The fourth-order valence-corrected chi connectivity index (χ4v) is 3.51. The lowest BCUT2D eigenvalue weighted by Crippen LogP contribution is -2.05. The molecule has 0 fully saturated rings.